The van der Waals surface area contributed by atoms with E-state index in [1.54, 1.807) is 0 Å². The number of rotatable bonds is 7. The molecule has 0 aliphatic rings. The summed E-state index contributed by atoms with van der Waals surface area (Å²) in [5.74, 6) is -1.93. The molecule has 2 N–H and O–H groups in total. The molecule has 0 unspecified atom stereocenters. The van der Waals surface area contributed by atoms with Crippen LogP contribution < -0.4 is 10.1 Å². The molecule has 2 rings (SSSR count). The number of amides is 1. The van der Waals surface area contributed by atoms with Crippen LogP contribution in [0.1, 0.15) is 29.4 Å². The van der Waals surface area contributed by atoms with E-state index < -0.39 is 30.2 Å². The zero-order valence-electron chi connectivity index (χ0n) is 13.6. The Morgan fingerprint density at radius 3 is 2.65 bits per heavy atom. The molecule has 8 nitrogen and oxygen atoms in total. The Kier molecular flexibility index (Phi) is 5.80. The number of carboxylic acids is 1. The molecule has 0 saturated heterocycles. The SMILES string of the molecule is CCCOc1ccc(C(F)(F)F)cc1NC(=O)Cn1cc(C(=O)O)nn1. The quantitative estimate of drug-likeness (QED) is 0.773. The molecule has 1 aromatic carbocycles. The van der Waals surface area contributed by atoms with Crippen molar-refractivity contribution < 1.29 is 32.6 Å². The molecule has 140 valence electrons. The van der Waals surface area contributed by atoms with Crippen LogP contribution in [0.4, 0.5) is 18.9 Å². The van der Waals surface area contributed by atoms with Crippen LogP contribution in [0.3, 0.4) is 0 Å². The van der Waals surface area contributed by atoms with E-state index in [-0.39, 0.29) is 23.7 Å². The van der Waals surface area contributed by atoms with Crippen molar-refractivity contribution in [3.8, 4) is 5.75 Å². The van der Waals surface area contributed by atoms with E-state index in [2.05, 4.69) is 15.6 Å². The Hall–Kier alpha value is -3.11. The second-order valence-electron chi connectivity index (χ2n) is 5.21. The van der Waals surface area contributed by atoms with Gasteiger partial charge in [-0.05, 0) is 24.6 Å². The molecule has 0 atom stereocenters. The standard InChI is InChI=1S/C15H15F3N4O4/c1-2-5-26-12-4-3-9(15(16,17)18)6-10(12)19-13(23)8-22-7-11(14(24)25)20-21-22/h3-4,6-7H,2,5,8H2,1H3,(H,19,23)(H,24,25). The Balaban J connectivity index is 2.18. The van der Waals surface area contributed by atoms with Gasteiger partial charge in [0.25, 0.3) is 0 Å². The van der Waals surface area contributed by atoms with Crippen molar-refractivity contribution in [2.45, 2.75) is 26.1 Å². The number of ether oxygens (including phenoxy) is 1. The largest absolute Gasteiger partial charge is 0.491 e. The first-order valence-corrected chi connectivity index (χ1v) is 7.48. The third-order valence-corrected chi connectivity index (χ3v) is 3.11. The molecule has 1 aromatic heterocycles. The van der Waals surface area contributed by atoms with Crippen molar-refractivity contribution in [1.29, 1.82) is 0 Å². The highest BCUT2D eigenvalue weighted by atomic mass is 19.4. The number of carboxylic acid groups (broad SMARTS) is 1. The summed E-state index contributed by atoms with van der Waals surface area (Å²) in [5, 5.41) is 17.9. The molecule has 0 aliphatic heterocycles. The number of hydrogen-bond acceptors (Lipinski definition) is 5. The Labute approximate surface area is 145 Å². The summed E-state index contributed by atoms with van der Waals surface area (Å²) in [7, 11) is 0. The normalized spacial score (nSPS) is 11.2. The number of aromatic carboxylic acids is 1. The molecule has 0 fully saturated rings. The van der Waals surface area contributed by atoms with Gasteiger partial charge >= 0.3 is 12.1 Å². The molecular formula is C15H15F3N4O4. The predicted molar refractivity (Wildman–Crippen MR) is 82.8 cm³/mol. The van der Waals surface area contributed by atoms with E-state index in [4.69, 9.17) is 9.84 Å². The van der Waals surface area contributed by atoms with E-state index in [9.17, 15) is 22.8 Å². The van der Waals surface area contributed by atoms with Crippen molar-refractivity contribution in [2.75, 3.05) is 11.9 Å². The van der Waals surface area contributed by atoms with Gasteiger partial charge in [-0.25, -0.2) is 9.48 Å². The maximum atomic E-state index is 12.9. The van der Waals surface area contributed by atoms with Crippen LogP contribution in [0, 0.1) is 0 Å². The zero-order chi connectivity index (χ0) is 19.3. The van der Waals surface area contributed by atoms with Crippen molar-refractivity contribution >= 4 is 17.6 Å². The van der Waals surface area contributed by atoms with Gasteiger partial charge in [-0.15, -0.1) is 5.10 Å². The number of hydrogen-bond donors (Lipinski definition) is 2. The highest BCUT2D eigenvalue weighted by Gasteiger charge is 2.31. The lowest BCUT2D eigenvalue weighted by Crippen LogP contribution is -2.20. The van der Waals surface area contributed by atoms with Gasteiger partial charge in [0.15, 0.2) is 5.69 Å². The summed E-state index contributed by atoms with van der Waals surface area (Å²) in [4.78, 5) is 22.8. The third-order valence-electron chi connectivity index (χ3n) is 3.11. The van der Waals surface area contributed by atoms with E-state index in [0.717, 1.165) is 29.1 Å². The Morgan fingerprint density at radius 2 is 2.08 bits per heavy atom. The highest BCUT2D eigenvalue weighted by Crippen LogP contribution is 2.35. The van der Waals surface area contributed by atoms with Crippen LogP contribution in [0.25, 0.3) is 0 Å². The van der Waals surface area contributed by atoms with Gasteiger partial charge in [-0.1, -0.05) is 12.1 Å². The minimum atomic E-state index is -4.58. The molecule has 0 radical (unpaired) electrons. The van der Waals surface area contributed by atoms with E-state index >= 15 is 0 Å². The predicted octanol–water partition coefficient (Wildman–Crippen LogP) is 2.42. The third kappa shape index (κ3) is 4.94. The van der Waals surface area contributed by atoms with E-state index in [1.165, 1.54) is 0 Å². The smallest absolute Gasteiger partial charge is 0.416 e. The number of benzene rings is 1. The van der Waals surface area contributed by atoms with Gasteiger partial charge in [0.1, 0.15) is 12.3 Å². The lowest BCUT2D eigenvalue weighted by atomic mass is 10.1. The first kappa shape index (κ1) is 19.2. The summed E-state index contributed by atoms with van der Waals surface area (Å²) in [6.45, 7) is 1.66. The number of aromatic nitrogens is 3. The highest BCUT2D eigenvalue weighted by molar-refractivity contribution is 5.92. The minimum absolute atomic E-state index is 0.0954. The van der Waals surface area contributed by atoms with Crippen LogP contribution in [-0.2, 0) is 17.5 Å². The minimum Gasteiger partial charge on any atom is -0.491 e. The second-order valence-corrected chi connectivity index (χ2v) is 5.21. The zero-order valence-corrected chi connectivity index (χ0v) is 13.6. The van der Waals surface area contributed by atoms with Crippen LogP contribution >= 0.6 is 0 Å². The first-order valence-electron chi connectivity index (χ1n) is 7.48. The number of alkyl halides is 3. The van der Waals surface area contributed by atoms with Crippen molar-refractivity contribution in [2.24, 2.45) is 0 Å². The van der Waals surface area contributed by atoms with Gasteiger partial charge in [-0.3, -0.25) is 4.79 Å². The second kappa shape index (κ2) is 7.85. The number of carbonyl (C=O) groups excluding carboxylic acids is 1. The maximum absolute atomic E-state index is 12.9. The molecule has 1 heterocycles. The number of nitrogens with one attached hydrogen (secondary N) is 1. The summed E-state index contributed by atoms with van der Waals surface area (Å²) < 4.78 is 45.0. The van der Waals surface area contributed by atoms with Crippen LogP contribution in [0.15, 0.2) is 24.4 Å². The van der Waals surface area contributed by atoms with Gasteiger partial charge in [0, 0.05) is 0 Å². The number of halogens is 3. The van der Waals surface area contributed by atoms with E-state index in [0.29, 0.717) is 6.42 Å². The fourth-order valence-corrected chi connectivity index (χ4v) is 1.95. The maximum Gasteiger partial charge on any atom is 0.416 e. The van der Waals surface area contributed by atoms with Crippen LogP contribution in [0.5, 0.6) is 5.75 Å². The monoisotopic (exact) mass is 372 g/mol. The summed E-state index contributed by atoms with van der Waals surface area (Å²) in [6, 6.07) is 2.76. The van der Waals surface area contributed by atoms with Crippen molar-refractivity contribution in [1.82, 2.24) is 15.0 Å². The molecule has 1 amide bonds. The molecule has 0 spiro atoms. The molecule has 26 heavy (non-hydrogen) atoms. The van der Waals surface area contributed by atoms with Crippen LogP contribution in [0.2, 0.25) is 0 Å². The summed E-state index contributed by atoms with van der Waals surface area (Å²) in [5.41, 5.74) is -1.44. The fourth-order valence-electron chi connectivity index (χ4n) is 1.95. The topological polar surface area (TPSA) is 106 Å². The average Bonchev–Trinajstić information content (AvgIpc) is 3.01. The molecular weight excluding hydrogens is 357 g/mol. The Bertz CT molecular complexity index is 804. The van der Waals surface area contributed by atoms with Crippen LogP contribution in [-0.4, -0.2) is 38.6 Å². The van der Waals surface area contributed by atoms with Crippen molar-refractivity contribution in [3.05, 3.63) is 35.7 Å². The lowest BCUT2D eigenvalue weighted by Gasteiger charge is -2.15. The molecule has 0 aliphatic carbocycles. The molecule has 11 heteroatoms. The molecule has 2 aromatic rings. The van der Waals surface area contributed by atoms with Gasteiger partial charge < -0.3 is 15.2 Å². The number of anilines is 1. The number of nitrogens with zero attached hydrogens (tertiary/aromatic N) is 3. The molecule has 0 saturated carbocycles. The van der Waals surface area contributed by atoms with Gasteiger partial charge in [0.05, 0.1) is 24.1 Å². The fraction of sp³-hybridized carbons (Fsp3) is 0.333. The Morgan fingerprint density at radius 1 is 1.35 bits per heavy atom. The average molecular weight is 372 g/mol. The summed E-state index contributed by atoms with van der Waals surface area (Å²) >= 11 is 0. The summed E-state index contributed by atoms with van der Waals surface area (Å²) in [6.07, 6.45) is -2.92. The first-order chi connectivity index (χ1) is 12.2. The number of carbonyl (C=O) groups is 2. The molecule has 0 bridgehead atoms. The van der Waals surface area contributed by atoms with E-state index in [1.807, 2.05) is 6.92 Å². The van der Waals surface area contributed by atoms with Gasteiger partial charge in [-0.2, -0.15) is 13.2 Å². The lowest BCUT2D eigenvalue weighted by molar-refractivity contribution is -0.137. The van der Waals surface area contributed by atoms with Crippen molar-refractivity contribution in [3.63, 3.8) is 0 Å². The van der Waals surface area contributed by atoms with Gasteiger partial charge in [0.2, 0.25) is 5.91 Å².